The average molecular weight is 464 g/mol. The SMILES string of the molecule is O=C(N1CCOCC1)N1CC(c2ccc(C(F)(F)F)cc2)CC(c2noc(C3CCC3)n2)C1. The lowest BCUT2D eigenvalue weighted by molar-refractivity contribution is -0.137. The zero-order chi connectivity index (χ0) is 23.0. The summed E-state index contributed by atoms with van der Waals surface area (Å²) in [6, 6.07) is 5.17. The van der Waals surface area contributed by atoms with Gasteiger partial charge in [-0.2, -0.15) is 18.2 Å². The predicted molar refractivity (Wildman–Crippen MR) is 112 cm³/mol. The third-order valence-corrected chi connectivity index (χ3v) is 6.99. The number of urea groups is 1. The molecule has 1 aromatic heterocycles. The fourth-order valence-corrected chi connectivity index (χ4v) is 4.82. The summed E-state index contributed by atoms with van der Waals surface area (Å²) in [7, 11) is 0. The van der Waals surface area contributed by atoms with Crippen LogP contribution in [0.4, 0.5) is 18.0 Å². The number of piperidine rings is 1. The van der Waals surface area contributed by atoms with E-state index in [1.54, 1.807) is 9.80 Å². The molecule has 178 valence electrons. The molecule has 33 heavy (non-hydrogen) atoms. The van der Waals surface area contributed by atoms with E-state index in [4.69, 9.17) is 9.26 Å². The molecule has 7 nitrogen and oxygen atoms in total. The summed E-state index contributed by atoms with van der Waals surface area (Å²) in [6.07, 6.45) is -0.496. The van der Waals surface area contributed by atoms with Gasteiger partial charge >= 0.3 is 12.2 Å². The monoisotopic (exact) mass is 464 g/mol. The predicted octanol–water partition coefficient (Wildman–Crippen LogP) is 4.38. The first-order chi connectivity index (χ1) is 15.9. The van der Waals surface area contributed by atoms with Crippen molar-refractivity contribution in [2.24, 2.45) is 0 Å². The molecule has 2 aliphatic heterocycles. The fourth-order valence-electron chi connectivity index (χ4n) is 4.82. The highest BCUT2D eigenvalue weighted by atomic mass is 19.4. The van der Waals surface area contributed by atoms with Gasteiger partial charge in [-0.15, -0.1) is 0 Å². The number of hydrogen-bond donors (Lipinski definition) is 0. The van der Waals surface area contributed by atoms with E-state index in [0.717, 1.165) is 37.0 Å². The summed E-state index contributed by atoms with van der Waals surface area (Å²) in [4.78, 5) is 21.4. The standard InChI is InChI=1S/C23H27F3N4O3/c24-23(25,26)19-6-4-15(5-7-19)17-12-18(20-27-21(33-28-20)16-2-1-3-16)14-30(13-17)22(31)29-8-10-32-11-9-29/h4-7,16-18H,1-3,8-14H2. The number of nitrogens with zero attached hydrogens (tertiary/aromatic N) is 4. The highest BCUT2D eigenvalue weighted by Crippen LogP contribution is 2.39. The summed E-state index contributed by atoms with van der Waals surface area (Å²) in [5, 5.41) is 4.22. The summed E-state index contributed by atoms with van der Waals surface area (Å²) in [5.41, 5.74) is 0.0957. The summed E-state index contributed by atoms with van der Waals surface area (Å²) >= 11 is 0. The molecule has 1 aromatic carbocycles. The van der Waals surface area contributed by atoms with E-state index in [0.29, 0.717) is 63.4 Å². The van der Waals surface area contributed by atoms with Crippen LogP contribution >= 0.6 is 0 Å². The Morgan fingerprint density at radius 2 is 1.67 bits per heavy atom. The number of rotatable bonds is 3. The van der Waals surface area contributed by atoms with Gasteiger partial charge in [-0.1, -0.05) is 23.7 Å². The van der Waals surface area contributed by atoms with Crippen molar-refractivity contribution in [2.75, 3.05) is 39.4 Å². The van der Waals surface area contributed by atoms with Crippen LogP contribution in [0.5, 0.6) is 0 Å². The van der Waals surface area contributed by atoms with E-state index in [-0.39, 0.29) is 17.9 Å². The molecule has 0 bridgehead atoms. The van der Waals surface area contributed by atoms with Gasteiger partial charge in [0.05, 0.1) is 18.8 Å². The van der Waals surface area contributed by atoms with Gasteiger partial charge in [0.25, 0.3) is 0 Å². The number of amides is 2. The van der Waals surface area contributed by atoms with Crippen LogP contribution < -0.4 is 0 Å². The molecular formula is C23H27F3N4O3. The number of ether oxygens (including phenoxy) is 1. The first kappa shape index (κ1) is 22.2. The van der Waals surface area contributed by atoms with E-state index in [1.165, 1.54) is 12.1 Å². The Hall–Kier alpha value is -2.62. The second-order valence-electron chi connectivity index (χ2n) is 9.15. The van der Waals surface area contributed by atoms with Gasteiger partial charge in [0.15, 0.2) is 5.82 Å². The number of alkyl halides is 3. The lowest BCUT2D eigenvalue weighted by atomic mass is 9.83. The molecule has 0 radical (unpaired) electrons. The number of carbonyl (C=O) groups excluding carboxylic acids is 1. The highest BCUT2D eigenvalue weighted by Gasteiger charge is 2.37. The first-order valence-electron chi connectivity index (χ1n) is 11.5. The van der Waals surface area contributed by atoms with Gasteiger partial charge in [-0.3, -0.25) is 0 Å². The Morgan fingerprint density at radius 3 is 2.30 bits per heavy atom. The molecule has 5 rings (SSSR count). The number of likely N-dealkylation sites (tertiary alicyclic amines) is 1. The minimum Gasteiger partial charge on any atom is -0.378 e. The number of carbonyl (C=O) groups is 1. The van der Waals surface area contributed by atoms with Crippen molar-refractivity contribution in [3.63, 3.8) is 0 Å². The number of halogens is 3. The van der Waals surface area contributed by atoms with Crippen molar-refractivity contribution in [1.82, 2.24) is 19.9 Å². The molecule has 0 N–H and O–H groups in total. The Labute approximate surface area is 189 Å². The third kappa shape index (κ3) is 4.71. The van der Waals surface area contributed by atoms with Gasteiger partial charge in [0.1, 0.15) is 0 Å². The Bertz CT molecular complexity index is 968. The van der Waals surface area contributed by atoms with Gasteiger partial charge < -0.3 is 19.1 Å². The van der Waals surface area contributed by atoms with Crippen molar-refractivity contribution in [3.05, 3.63) is 47.1 Å². The van der Waals surface area contributed by atoms with E-state index in [2.05, 4.69) is 10.1 Å². The molecule has 10 heteroatoms. The molecule has 2 atom stereocenters. The molecule has 2 amide bonds. The Kier molecular flexibility index (Phi) is 6.03. The molecule has 3 heterocycles. The molecule has 3 aliphatic rings. The van der Waals surface area contributed by atoms with Crippen molar-refractivity contribution in [3.8, 4) is 0 Å². The lowest BCUT2D eigenvalue weighted by Crippen LogP contribution is -2.52. The quantitative estimate of drug-likeness (QED) is 0.674. The van der Waals surface area contributed by atoms with Crippen LogP contribution in [0.2, 0.25) is 0 Å². The number of morpholine rings is 1. The number of hydrogen-bond acceptors (Lipinski definition) is 5. The van der Waals surface area contributed by atoms with Crippen LogP contribution in [0.15, 0.2) is 28.8 Å². The Morgan fingerprint density at radius 1 is 0.970 bits per heavy atom. The number of aromatic nitrogens is 2. The van der Waals surface area contributed by atoms with E-state index < -0.39 is 11.7 Å². The van der Waals surface area contributed by atoms with E-state index in [1.807, 2.05) is 0 Å². The molecule has 2 saturated heterocycles. The van der Waals surface area contributed by atoms with Gasteiger partial charge in [0.2, 0.25) is 5.89 Å². The molecule has 2 aromatic rings. The van der Waals surface area contributed by atoms with Crippen LogP contribution in [0.25, 0.3) is 0 Å². The smallest absolute Gasteiger partial charge is 0.378 e. The van der Waals surface area contributed by atoms with Gasteiger partial charge in [-0.25, -0.2) is 4.79 Å². The van der Waals surface area contributed by atoms with Crippen molar-refractivity contribution in [1.29, 1.82) is 0 Å². The van der Waals surface area contributed by atoms with Crippen LogP contribution in [-0.4, -0.2) is 65.4 Å². The maximum absolute atomic E-state index is 13.2. The molecule has 1 aliphatic carbocycles. The fraction of sp³-hybridized carbons (Fsp3) is 0.609. The molecule has 2 unspecified atom stereocenters. The van der Waals surface area contributed by atoms with Crippen molar-refractivity contribution >= 4 is 6.03 Å². The highest BCUT2D eigenvalue weighted by molar-refractivity contribution is 5.75. The summed E-state index contributed by atoms with van der Waals surface area (Å²) < 4.78 is 49.9. The van der Waals surface area contributed by atoms with Crippen LogP contribution in [-0.2, 0) is 10.9 Å². The zero-order valence-electron chi connectivity index (χ0n) is 18.3. The largest absolute Gasteiger partial charge is 0.416 e. The summed E-state index contributed by atoms with van der Waals surface area (Å²) in [6.45, 7) is 2.95. The van der Waals surface area contributed by atoms with Crippen LogP contribution in [0, 0.1) is 0 Å². The Balaban J connectivity index is 1.39. The average Bonchev–Trinajstić information content (AvgIpc) is 3.27. The zero-order valence-corrected chi connectivity index (χ0v) is 18.3. The minimum atomic E-state index is -4.38. The molecule has 3 fully saturated rings. The lowest BCUT2D eigenvalue weighted by Gasteiger charge is -2.40. The maximum atomic E-state index is 13.2. The normalized spacial score (nSPS) is 24.6. The third-order valence-electron chi connectivity index (χ3n) is 6.99. The van der Waals surface area contributed by atoms with Crippen molar-refractivity contribution < 1.29 is 27.2 Å². The second kappa shape index (κ2) is 8.96. The second-order valence-corrected chi connectivity index (χ2v) is 9.15. The number of benzene rings is 1. The van der Waals surface area contributed by atoms with Crippen LogP contribution in [0.3, 0.4) is 0 Å². The molecule has 0 spiro atoms. The maximum Gasteiger partial charge on any atom is 0.416 e. The van der Waals surface area contributed by atoms with Crippen LogP contribution in [0.1, 0.15) is 66.3 Å². The van der Waals surface area contributed by atoms with Gasteiger partial charge in [0, 0.05) is 43.9 Å². The topological polar surface area (TPSA) is 71.7 Å². The van der Waals surface area contributed by atoms with Gasteiger partial charge in [-0.05, 0) is 37.0 Å². The first-order valence-corrected chi connectivity index (χ1v) is 11.5. The van der Waals surface area contributed by atoms with Crippen molar-refractivity contribution in [2.45, 2.75) is 49.6 Å². The van der Waals surface area contributed by atoms with E-state index in [9.17, 15) is 18.0 Å². The molecule has 1 saturated carbocycles. The molecular weight excluding hydrogens is 437 g/mol. The summed E-state index contributed by atoms with van der Waals surface area (Å²) in [5.74, 6) is 1.27. The minimum absolute atomic E-state index is 0.0809. The van der Waals surface area contributed by atoms with E-state index >= 15 is 0 Å².